The van der Waals surface area contributed by atoms with Gasteiger partial charge in [0.1, 0.15) is 0 Å². The molecule has 0 amide bonds. The number of nitrogens with two attached hydrogens (primary N) is 1. The number of nitrogen functional groups attached to an aromatic ring is 1. The standard InChI is InChI=1S/C13H19BrN2S/c1-2-13-9-16(3-4-17-13)8-10-5-11(14)7-12(15)6-10/h5-7,13H,2-4,8-9,15H2,1H3. The highest BCUT2D eigenvalue weighted by molar-refractivity contribution is 9.10. The van der Waals surface area contributed by atoms with Crippen molar-refractivity contribution in [3.8, 4) is 0 Å². The summed E-state index contributed by atoms with van der Waals surface area (Å²) < 4.78 is 1.07. The average Bonchev–Trinajstić information content (AvgIpc) is 2.28. The van der Waals surface area contributed by atoms with Gasteiger partial charge in [0.05, 0.1) is 0 Å². The van der Waals surface area contributed by atoms with Crippen molar-refractivity contribution in [3.63, 3.8) is 0 Å². The van der Waals surface area contributed by atoms with Crippen molar-refractivity contribution in [2.24, 2.45) is 0 Å². The van der Waals surface area contributed by atoms with Crippen LogP contribution in [-0.2, 0) is 6.54 Å². The van der Waals surface area contributed by atoms with Crippen LogP contribution in [0.25, 0.3) is 0 Å². The summed E-state index contributed by atoms with van der Waals surface area (Å²) in [5.41, 5.74) is 8.01. The SMILES string of the molecule is CCC1CN(Cc2cc(N)cc(Br)c2)CCS1. The van der Waals surface area contributed by atoms with Gasteiger partial charge in [0.15, 0.2) is 0 Å². The molecule has 1 atom stereocenters. The summed E-state index contributed by atoms with van der Waals surface area (Å²) in [6.45, 7) is 5.68. The lowest BCUT2D eigenvalue weighted by atomic mass is 10.2. The van der Waals surface area contributed by atoms with Crippen molar-refractivity contribution < 1.29 is 0 Å². The van der Waals surface area contributed by atoms with E-state index in [0.29, 0.717) is 0 Å². The maximum atomic E-state index is 5.87. The second kappa shape index (κ2) is 6.12. The third kappa shape index (κ3) is 3.90. The van der Waals surface area contributed by atoms with Crippen LogP contribution in [0.3, 0.4) is 0 Å². The minimum Gasteiger partial charge on any atom is -0.399 e. The number of hydrogen-bond acceptors (Lipinski definition) is 3. The summed E-state index contributed by atoms with van der Waals surface area (Å²) >= 11 is 5.61. The van der Waals surface area contributed by atoms with E-state index in [9.17, 15) is 0 Å². The van der Waals surface area contributed by atoms with E-state index in [1.54, 1.807) is 0 Å². The molecule has 2 N–H and O–H groups in total. The number of anilines is 1. The molecule has 0 spiro atoms. The first kappa shape index (κ1) is 13.2. The number of benzene rings is 1. The van der Waals surface area contributed by atoms with Gasteiger partial charge in [-0.2, -0.15) is 11.8 Å². The monoisotopic (exact) mass is 314 g/mol. The van der Waals surface area contributed by atoms with Crippen LogP contribution in [0.1, 0.15) is 18.9 Å². The van der Waals surface area contributed by atoms with Crippen molar-refractivity contribution >= 4 is 33.4 Å². The van der Waals surface area contributed by atoms with Gasteiger partial charge in [-0.15, -0.1) is 0 Å². The summed E-state index contributed by atoms with van der Waals surface area (Å²) in [7, 11) is 0. The van der Waals surface area contributed by atoms with Gasteiger partial charge in [0.25, 0.3) is 0 Å². The Balaban J connectivity index is 2.00. The number of nitrogens with zero attached hydrogens (tertiary/aromatic N) is 1. The number of thioether (sulfide) groups is 1. The van der Waals surface area contributed by atoms with E-state index in [4.69, 9.17) is 5.73 Å². The van der Waals surface area contributed by atoms with Crippen molar-refractivity contribution in [1.82, 2.24) is 4.90 Å². The Morgan fingerprint density at radius 1 is 1.47 bits per heavy atom. The van der Waals surface area contributed by atoms with E-state index in [1.807, 2.05) is 6.07 Å². The van der Waals surface area contributed by atoms with Gasteiger partial charge in [-0.1, -0.05) is 22.9 Å². The van der Waals surface area contributed by atoms with E-state index in [2.05, 4.69) is 51.6 Å². The minimum absolute atomic E-state index is 0.799. The van der Waals surface area contributed by atoms with Gasteiger partial charge in [0, 0.05) is 40.8 Å². The number of halogens is 1. The van der Waals surface area contributed by atoms with E-state index >= 15 is 0 Å². The lowest BCUT2D eigenvalue weighted by Crippen LogP contribution is -2.37. The van der Waals surface area contributed by atoms with Gasteiger partial charge < -0.3 is 5.73 Å². The third-order valence-electron chi connectivity index (χ3n) is 3.06. The maximum absolute atomic E-state index is 5.87. The molecule has 1 fully saturated rings. The topological polar surface area (TPSA) is 29.3 Å². The maximum Gasteiger partial charge on any atom is 0.0328 e. The molecule has 2 rings (SSSR count). The summed E-state index contributed by atoms with van der Waals surface area (Å²) in [6.07, 6.45) is 1.27. The summed E-state index contributed by atoms with van der Waals surface area (Å²) in [6, 6.07) is 6.19. The fourth-order valence-corrected chi connectivity index (χ4v) is 4.00. The second-order valence-corrected chi connectivity index (χ2v) is 6.85. The predicted octanol–water partition coefficient (Wildman–Crippen LogP) is 3.36. The van der Waals surface area contributed by atoms with Gasteiger partial charge in [-0.25, -0.2) is 0 Å². The first-order chi connectivity index (χ1) is 8.17. The minimum atomic E-state index is 0.799. The summed E-state index contributed by atoms with van der Waals surface area (Å²) in [5, 5.41) is 0.799. The quantitative estimate of drug-likeness (QED) is 0.867. The highest BCUT2D eigenvalue weighted by Crippen LogP contribution is 2.24. The number of rotatable bonds is 3. The van der Waals surface area contributed by atoms with Crippen LogP contribution in [0.2, 0.25) is 0 Å². The van der Waals surface area contributed by atoms with Crippen molar-refractivity contribution in [2.75, 3.05) is 24.6 Å². The molecule has 1 heterocycles. The molecule has 0 bridgehead atoms. The molecule has 1 aliphatic rings. The molecule has 1 unspecified atom stereocenters. The molecule has 1 saturated heterocycles. The van der Waals surface area contributed by atoms with Crippen molar-refractivity contribution in [1.29, 1.82) is 0 Å². The first-order valence-electron chi connectivity index (χ1n) is 6.06. The Kier molecular flexibility index (Phi) is 4.77. The van der Waals surface area contributed by atoms with Crippen LogP contribution >= 0.6 is 27.7 Å². The fraction of sp³-hybridized carbons (Fsp3) is 0.538. The second-order valence-electron chi connectivity index (χ2n) is 4.53. The smallest absolute Gasteiger partial charge is 0.0328 e. The Labute approximate surface area is 116 Å². The Morgan fingerprint density at radius 2 is 2.29 bits per heavy atom. The van der Waals surface area contributed by atoms with Gasteiger partial charge >= 0.3 is 0 Å². The predicted molar refractivity (Wildman–Crippen MR) is 80.4 cm³/mol. The lowest BCUT2D eigenvalue weighted by molar-refractivity contribution is 0.273. The molecule has 1 aromatic rings. The van der Waals surface area contributed by atoms with Crippen LogP contribution < -0.4 is 5.73 Å². The lowest BCUT2D eigenvalue weighted by Gasteiger charge is -2.31. The van der Waals surface area contributed by atoms with E-state index < -0.39 is 0 Å². The van der Waals surface area contributed by atoms with Crippen molar-refractivity contribution in [3.05, 3.63) is 28.2 Å². The Hall–Kier alpha value is -0.190. The highest BCUT2D eigenvalue weighted by Gasteiger charge is 2.18. The van der Waals surface area contributed by atoms with Crippen LogP contribution in [0, 0.1) is 0 Å². The molecule has 94 valence electrons. The zero-order valence-corrected chi connectivity index (χ0v) is 12.6. The normalized spacial score (nSPS) is 21.6. The molecule has 0 aliphatic carbocycles. The molecule has 0 saturated carbocycles. The molecule has 0 radical (unpaired) electrons. The third-order valence-corrected chi connectivity index (χ3v) is 4.89. The molecule has 1 aliphatic heterocycles. The average molecular weight is 315 g/mol. The number of hydrogen-bond donors (Lipinski definition) is 1. The molecular weight excluding hydrogens is 296 g/mol. The Morgan fingerprint density at radius 3 is 3.00 bits per heavy atom. The fourth-order valence-electron chi connectivity index (χ4n) is 2.20. The molecule has 17 heavy (non-hydrogen) atoms. The molecule has 1 aromatic carbocycles. The first-order valence-corrected chi connectivity index (χ1v) is 7.90. The van der Waals surface area contributed by atoms with E-state index in [0.717, 1.165) is 22.0 Å². The largest absolute Gasteiger partial charge is 0.399 e. The van der Waals surface area contributed by atoms with Gasteiger partial charge in [0.2, 0.25) is 0 Å². The van der Waals surface area contributed by atoms with E-state index in [-0.39, 0.29) is 0 Å². The highest BCUT2D eigenvalue weighted by atomic mass is 79.9. The molecule has 0 aromatic heterocycles. The molecule has 4 heteroatoms. The van der Waals surface area contributed by atoms with E-state index in [1.165, 1.54) is 30.8 Å². The van der Waals surface area contributed by atoms with Crippen LogP contribution in [-0.4, -0.2) is 29.0 Å². The van der Waals surface area contributed by atoms with Crippen molar-refractivity contribution in [2.45, 2.75) is 25.1 Å². The van der Waals surface area contributed by atoms with Crippen LogP contribution in [0.5, 0.6) is 0 Å². The molecule has 2 nitrogen and oxygen atoms in total. The van der Waals surface area contributed by atoms with Gasteiger partial charge in [-0.3, -0.25) is 4.90 Å². The zero-order valence-electron chi connectivity index (χ0n) is 10.2. The van der Waals surface area contributed by atoms with Gasteiger partial charge in [-0.05, 0) is 30.2 Å². The van der Waals surface area contributed by atoms with Crippen LogP contribution in [0.4, 0.5) is 5.69 Å². The molecular formula is C13H19BrN2S. The summed E-state index contributed by atoms with van der Waals surface area (Å²) in [4.78, 5) is 2.53. The summed E-state index contributed by atoms with van der Waals surface area (Å²) in [5.74, 6) is 1.25. The van der Waals surface area contributed by atoms with Crippen LogP contribution in [0.15, 0.2) is 22.7 Å². The zero-order chi connectivity index (χ0) is 12.3. The Bertz CT molecular complexity index is 363.